The molecule has 0 aromatic heterocycles. The van der Waals surface area contributed by atoms with Crippen molar-refractivity contribution in [1.82, 2.24) is 4.90 Å². The second kappa shape index (κ2) is 7.13. The summed E-state index contributed by atoms with van der Waals surface area (Å²) in [5, 5.41) is 9.21. The topological polar surface area (TPSA) is 59.0 Å². The van der Waals surface area contributed by atoms with E-state index in [0.717, 1.165) is 25.9 Å². The summed E-state index contributed by atoms with van der Waals surface area (Å²) in [5.41, 5.74) is 0.713. The van der Waals surface area contributed by atoms with Crippen LogP contribution in [0.25, 0.3) is 0 Å². The maximum Gasteiger partial charge on any atom is 0.263 e. The van der Waals surface area contributed by atoms with Gasteiger partial charge in [-0.1, -0.05) is 0 Å². The Hall–Kier alpha value is -1.27. The van der Waals surface area contributed by atoms with Gasteiger partial charge in [0, 0.05) is 13.1 Å². The highest BCUT2D eigenvalue weighted by Crippen LogP contribution is 2.37. The molecule has 1 fully saturated rings. The number of likely N-dealkylation sites (tertiary alicyclic amines) is 1. The number of ether oxygens (including phenoxy) is 2. The number of carbonyl (C=O) groups is 1. The molecule has 0 saturated carbocycles. The molecule has 1 aromatic rings. The van der Waals surface area contributed by atoms with Gasteiger partial charge in [0.15, 0.2) is 17.6 Å². The summed E-state index contributed by atoms with van der Waals surface area (Å²) in [5.74, 6) is 0.969. The molecular weight excluding hydrogens is 338 g/mol. The lowest BCUT2D eigenvalue weighted by Gasteiger charge is -2.23. The quantitative estimate of drug-likeness (QED) is 0.878. The number of hydrogen-bond donors (Lipinski definition) is 1. The molecule has 2 rings (SSSR count). The monoisotopic (exact) mass is 357 g/mol. The molecule has 0 radical (unpaired) electrons. The highest BCUT2D eigenvalue weighted by Gasteiger charge is 2.26. The number of amides is 1. The molecule has 1 atom stereocenters. The molecule has 116 valence electrons. The van der Waals surface area contributed by atoms with Crippen molar-refractivity contribution in [3.05, 3.63) is 22.2 Å². The van der Waals surface area contributed by atoms with Crippen molar-refractivity contribution in [2.75, 3.05) is 20.2 Å². The van der Waals surface area contributed by atoms with Crippen molar-refractivity contribution < 1.29 is 19.4 Å². The number of aliphatic hydroxyl groups is 1. The molecule has 1 aliphatic heterocycles. The molecule has 0 spiro atoms. The van der Waals surface area contributed by atoms with Crippen LogP contribution in [-0.4, -0.2) is 42.2 Å². The van der Waals surface area contributed by atoms with E-state index in [1.165, 1.54) is 7.11 Å². The van der Waals surface area contributed by atoms with Crippen molar-refractivity contribution >= 4 is 21.8 Å². The summed E-state index contributed by atoms with van der Waals surface area (Å²) in [4.78, 5) is 14.1. The van der Waals surface area contributed by atoms with Gasteiger partial charge in [-0.2, -0.15) is 0 Å². The Morgan fingerprint density at radius 1 is 1.43 bits per heavy atom. The zero-order valence-electron chi connectivity index (χ0n) is 12.3. The molecule has 1 saturated heterocycles. The number of halogens is 1. The summed E-state index contributed by atoms with van der Waals surface area (Å²) in [6.07, 6.45) is 1.53. The van der Waals surface area contributed by atoms with Crippen LogP contribution in [0.5, 0.6) is 11.5 Å². The first kappa shape index (κ1) is 16.1. The van der Waals surface area contributed by atoms with Crippen LogP contribution in [-0.2, 0) is 11.4 Å². The number of benzene rings is 1. The van der Waals surface area contributed by atoms with E-state index >= 15 is 0 Å². The predicted molar refractivity (Wildman–Crippen MR) is 82.5 cm³/mol. The largest absolute Gasteiger partial charge is 0.493 e. The minimum atomic E-state index is -0.576. The van der Waals surface area contributed by atoms with E-state index in [1.807, 2.05) is 4.90 Å². The van der Waals surface area contributed by atoms with E-state index < -0.39 is 6.10 Å². The van der Waals surface area contributed by atoms with Gasteiger partial charge < -0.3 is 19.5 Å². The summed E-state index contributed by atoms with van der Waals surface area (Å²) < 4.78 is 11.7. The number of hydrogen-bond acceptors (Lipinski definition) is 4. The Morgan fingerprint density at radius 2 is 2.10 bits per heavy atom. The highest BCUT2D eigenvalue weighted by atomic mass is 79.9. The first-order valence-corrected chi connectivity index (χ1v) is 7.78. The van der Waals surface area contributed by atoms with Gasteiger partial charge in [-0.15, -0.1) is 0 Å². The standard InChI is InChI=1S/C15H20BrNO4/c1-10(15(19)17-5-3-4-6-17)21-14-12(16)7-11(9-18)8-13(14)20-2/h7-8,10,18H,3-6,9H2,1-2H3. The highest BCUT2D eigenvalue weighted by molar-refractivity contribution is 9.10. The van der Waals surface area contributed by atoms with Gasteiger partial charge in [0.25, 0.3) is 5.91 Å². The number of aliphatic hydroxyl groups excluding tert-OH is 1. The zero-order valence-corrected chi connectivity index (χ0v) is 13.9. The maximum absolute atomic E-state index is 12.3. The molecule has 1 aromatic carbocycles. The van der Waals surface area contributed by atoms with E-state index in [2.05, 4.69) is 15.9 Å². The van der Waals surface area contributed by atoms with E-state index in [-0.39, 0.29) is 12.5 Å². The lowest BCUT2D eigenvalue weighted by Crippen LogP contribution is -2.38. The van der Waals surface area contributed by atoms with Crippen molar-refractivity contribution in [3.8, 4) is 11.5 Å². The molecule has 5 nitrogen and oxygen atoms in total. The third-order valence-electron chi connectivity index (χ3n) is 3.53. The lowest BCUT2D eigenvalue weighted by molar-refractivity contribution is -0.136. The molecule has 0 aliphatic carbocycles. The first-order valence-electron chi connectivity index (χ1n) is 6.99. The van der Waals surface area contributed by atoms with Crippen LogP contribution in [0.15, 0.2) is 16.6 Å². The van der Waals surface area contributed by atoms with Gasteiger partial charge in [0.05, 0.1) is 18.2 Å². The second-order valence-electron chi connectivity index (χ2n) is 5.06. The Bertz CT molecular complexity index is 515. The number of rotatable bonds is 5. The van der Waals surface area contributed by atoms with E-state index in [4.69, 9.17) is 9.47 Å². The van der Waals surface area contributed by atoms with Crippen LogP contribution >= 0.6 is 15.9 Å². The third-order valence-corrected chi connectivity index (χ3v) is 4.12. The Morgan fingerprint density at radius 3 is 2.67 bits per heavy atom. The average Bonchev–Trinajstić information content (AvgIpc) is 3.02. The van der Waals surface area contributed by atoms with Gasteiger partial charge in [-0.25, -0.2) is 0 Å². The number of methoxy groups -OCH3 is 1. The summed E-state index contributed by atoms with van der Waals surface area (Å²) >= 11 is 3.40. The van der Waals surface area contributed by atoms with Crippen LogP contribution in [0.2, 0.25) is 0 Å². The van der Waals surface area contributed by atoms with Crippen LogP contribution in [0.3, 0.4) is 0 Å². The molecule has 1 N–H and O–H groups in total. The van der Waals surface area contributed by atoms with Gasteiger partial charge in [-0.05, 0) is 53.4 Å². The Balaban J connectivity index is 2.16. The molecule has 21 heavy (non-hydrogen) atoms. The van der Waals surface area contributed by atoms with Gasteiger partial charge in [-0.3, -0.25) is 4.79 Å². The molecule has 1 heterocycles. The van der Waals surface area contributed by atoms with E-state index in [0.29, 0.717) is 21.5 Å². The van der Waals surface area contributed by atoms with Crippen LogP contribution in [0.1, 0.15) is 25.3 Å². The van der Waals surface area contributed by atoms with Crippen LogP contribution in [0, 0.1) is 0 Å². The summed E-state index contributed by atoms with van der Waals surface area (Å²) in [7, 11) is 1.53. The van der Waals surface area contributed by atoms with Crippen molar-refractivity contribution in [3.63, 3.8) is 0 Å². The van der Waals surface area contributed by atoms with Crippen molar-refractivity contribution in [1.29, 1.82) is 0 Å². The van der Waals surface area contributed by atoms with Crippen LogP contribution in [0.4, 0.5) is 0 Å². The predicted octanol–water partition coefficient (Wildman–Crippen LogP) is 2.34. The Labute approximate surface area is 133 Å². The molecule has 1 unspecified atom stereocenters. The smallest absolute Gasteiger partial charge is 0.263 e. The first-order chi connectivity index (χ1) is 10.1. The molecule has 0 bridgehead atoms. The normalized spacial score (nSPS) is 15.9. The van der Waals surface area contributed by atoms with Crippen molar-refractivity contribution in [2.24, 2.45) is 0 Å². The fraction of sp³-hybridized carbons (Fsp3) is 0.533. The third kappa shape index (κ3) is 3.68. The average molecular weight is 358 g/mol. The number of carbonyl (C=O) groups excluding carboxylic acids is 1. The Kier molecular flexibility index (Phi) is 5.47. The lowest BCUT2D eigenvalue weighted by atomic mass is 10.2. The minimum Gasteiger partial charge on any atom is -0.493 e. The fourth-order valence-electron chi connectivity index (χ4n) is 2.40. The molecule has 6 heteroatoms. The minimum absolute atomic E-state index is 0.00677. The number of nitrogens with zero attached hydrogens (tertiary/aromatic N) is 1. The van der Waals surface area contributed by atoms with E-state index in [1.54, 1.807) is 19.1 Å². The van der Waals surface area contributed by atoms with Gasteiger partial charge in [0.1, 0.15) is 0 Å². The SMILES string of the molecule is COc1cc(CO)cc(Br)c1OC(C)C(=O)N1CCCC1. The second-order valence-corrected chi connectivity index (χ2v) is 5.91. The molecule has 1 amide bonds. The molecule has 1 aliphatic rings. The van der Waals surface area contributed by atoms with Crippen LogP contribution < -0.4 is 9.47 Å². The fourth-order valence-corrected chi connectivity index (χ4v) is 2.98. The maximum atomic E-state index is 12.3. The zero-order chi connectivity index (χ0) is 15.4. The van der Waals surface area contributed by atoms with Gasteiger partial charge in [0.2, 0.25) is 0 Å². The van der Waals surface area contributed by atoms with E-state index in [9.17, 15) is 9.90 Å². The van der Waals surface area contributed by atoms with Gasteiger partial charge >= 0.3 is 0 Å². The van der Waals surface area contributed by atoms with Crippen molar-refractivity contribution in [2.45, 2.75) is 32.5 Å². The molecular formula is C15H20BrNO4. The summed E-state index contributed by atoms with van der Waals surface area (Å²) in [6.45, 7) is 3.26. The summed E-state index contributed by atoms with van der Waals surface area (Å²) in [6, 6.07) is 3.46.